The fourth-order valence-corrected chi connectivity index (χ4v) is 3.87. The first kappa shape index (κ1) is 15.9. The lowest BCUT2D eigenvalue weighted by atomic mass is 9.99. The highest BCUT2D eigenvalue weighted by molar-refractivity contribution is 6.69. The van der Waals surface area contributed by atoms with Crippen LogP contribution < -0.4 is 0 Å². The molecule has 0 fully saturated rings. The lowest BCUT2D eigenvalue weighted by Gasteiger charge is -2.11. The van der Waals surface area contributed by atoms with Gasteiger partial charge in [0, 0.05) is 26.2 Å². The fourth-order valence-electron chi connectivity index (χ4n) is 2.95. The van der Waals surface area contributed by atoms with Gasteiger partial charge in [0.15, 0.2) is 0 Å². The summed E-state index contributed by atoms with van der Waals surface area (Å²) >= 11 is 24.3. The van der Waals surface area contributed by atoms with E-state index in [1.807, 2.05) is 24.3 Å². The van der Waals surface area contributed by atoms with Gasteiger partial charge >= 0.3 is 0 Å². The quantitative estimate of drug-likeness (QED) is 0.200. The number of hydrogen-bond acceptors (Lipinski definition) is 2. The first-order valence-corrected chi connectivity index (χ1v) is 8.47. The Hall–Kier alpha value is -1.58. The smallest absolute Gasteiger partial charge is 0.253 e. The third kappa shape index (κ3) is 2.42. The number of benzene rings is 3. The van der Waals surface area contributed by atoms with Crippen LogP contribution in [0.15, 0.2) is 42.5 Å². The monoisotopic (exact) mass is 393 g/mol. The van der Waals surface area contributed by atoms with E-state index in [1.54, 1.807) is 18.2 Å². The van der Waals surface area contributed by atoms with Gasteiger partial charge in [0.05, 0.1) is 21.6 Å². The van der Waals surface area contributed by atoms with Gasteiger partial charge in [0.2, 0.25) is 0 Å². The lowest BCUT2D eigenvalue weighted by molar-refractivity contribution is 0.108. The van der Waals surface area contributed by atoms with Crippen molar-refractivity contribution in [1.82, 2.24) is 4.98 Å². The van der Waals surface area contributed by atoms with Crippen molar-refractivity contribution in [3.8, 4) is 0 Å². The third-order valence-electron chi connectivity index (χ3n) is 3.94. The molecule has 0 aliphatic carbocycles. The Balaban J connectivity index is 2.31. The largest absolute Gasteiger partial charge is 0.276 e. The maximum atomic E-state index is 12.1. The molecule has 2 nitrogen and oxygen atoms in total. The number of nitrogens with zero attached hydrogens (tertiary/aromatic N) is 1. The fraction of sp³-hybridized carbons (Fsp3) is 0. The van der Waals surface area contributed by atoms with Gasteiger partial charge in [-0.05, 0) is 41.3 Å². The van der Waals surface area contributed by atoms with E-state index >= 15 is 0 Å². The Labute approximate surface area is 156 Å². The Morgan fingerprint density at radius 3 is 2.29 bits per heavy atom. The molecule has 0 radical (unpaired) electrons. The first-order chi connectivity index (χ1) is 11.5. The molecule has 0 amide bonds. The van der Waals surface area contributed by atoms with Crippen molar-refractivity contribution in [1.29, 1.82) is 0 Å². The zero-order valence-electron chi connectivity index (χ0n) is 11.9. The third-order valence-corrected chi connectivity index (χ3v) is 4.87. The molecule has 0 spiro atoms. The molecule has 0 bridgehead atoms. The predicted octanol–water partition coefficient (Wildman–Crippen LogP) is 6.88. The zero-order valence-corrected chi connectivity index (χ0v) is 14.9. The molecule has 0 saturated carbocycles. The minimum Gasteiger partial charge on any atom is -0.276 e. The summed E-state index contributed by atoms with van der Waals surface area (Å²) in [5.41, 5.74) is 1.47. The average Bonchev–Trinajstić information content (AvgIpc) is 2.52. The molecule has 24 heavy (non-hydrogen) atoms. The van der Waals surface area contributed by atoms with E-state index in [4.69, 9.17) is 46.4 Å². The molecule has 4 rings (SSSR count). The summed E-state index contributed by atoms with van der Waals surface area (Å²) in [5, 5.41) is 3.79. The van der Waals surface area contributed by atoms with Crippen LogP contribution in [0.4, 0.5) is 0 Å². The lowest BCUT2D eigenvalue weighted by Crippen LogP contribution is -1.97. The summed E-state index contributed by atoms with van der Waals surface area (Å²) in [7, 11) is 0. The average molecular weight is 395 g/mol. The number of rotatable bonds is 1. The first-order valence-electron chi connectivity index (χ1n) is 6.96. The molecule has 0 unspecified atom stereocenters. The highest BCUT2D eigenvalue weighted by atomic mass is 35.5. The second kappa shape index (κ2) is 5.75. The second-order valence-electron chi connectivity index (χ2n) is 5.37. The van der Waals surface area contributed by atoms with E-state index in [2.05, 4.69) is 4.98 Å². The van der Waals surface area contributed by atoms with Crippen LogP contribution in [0.25, 0.3) is 32.6 Å². The number of aromatic nitrogens is 1. The summed E-state index contributed by atoms with van der Waals surface area (Å²) in [4.78, 5) is 16.8. The van der Waals surface area contributed by atoms with Gasteiger partial charge in [-0.1, -0.05) is 53.0 Å². The van der Waals surface area contributed by atoms with Crippen molar-refractivity contribution < 1.29 is 4.79 Å². The van der Waals surface area contributed by atoms with Crippen molar-refractivity contribution in [2.24, 2.45) is 0 Å². The van der Waals surface area contributed by atoms with Crippen LogP contribution >= 0.6 is 46.4 Å². The van der Waals surface area contributed by atoms with Gasteiger partial charge < -0.3 is 0 Å². The number of hydrogen-bond donors (Lipinski definition) is 0. The molecular formula is C18H7Cl4NO. The molecule has 1 aromatic heterocycles. The zero-order chi connectivity index (χ0) is 17.0. The van der Waals surface area contributed by atoms with Gasteiger partial charge in [-0.3, -0.25) is 4.79 Å². The molecule has 0 N–H and O–H groups in total. The Kier molecular flexibility index (Phi) is 3.81. The second-order valence-corrected chi connectivity index (χ2v) is 6.99. The molecule has 118 valence electrons. The van der Waals surface area contributed by atoms with Crippen molar-refractivity contribution in [2.45, 2.75) is 0 Å². The molecule has 0 atom stereocenters. The summed E-state index contributed by atoms with van der Waals surface area (Å²) in [6, 6.07) is 12.4. The Morgan fingerprint density at radius 1 is 0.792 bits per heavy atom. The summed E-state index contributed by atoms with van der Waals surface area (Å²) in [6.07, 6.45) is 0. The number of fused-ring (bicyclic) bond motifs is 4. The molecule has 0 aliphatic heterocycles. The summed E-state index contributed by atoms with van der Waals surface area (Å²) in [6.45, 7) is 0. The number of carbonyl (C=O) groups excluding carboxylic acids is 1. The minimum absolute atomic E-state index is 0.345. The van der Waals surface area contributed by atoms with Crippen LogP contribution in [-0.4, -0.2) is 10.2 Å². The Bertz CT molecular complexity index is 1170. The molecule has 1 heterocycles. The van der Waals surface area contributed by atoms with Crippen molar-refractivity contribution >= 4 is 84.2 Å². The molecular weight excluding hydrogens is 388 g/mol. The maximum Gasteiger partial charge on any atom is 0.253 e. The Morgan fingerprint density at radius 2 is 1.54 bits per heavy atom. The highest BCUT2D eigenvalue weighted by Crippen LogP contribution is 2.36. The van der Waals surface area contributed by atoms with Crippen LogP contribution in [0.1, 0.15) is 10.4 Å². The van der Waals surface area contributed by atoms with Gasteiger partial charge in [-0.15, -0.1) is 0 Å². The van der Waals surface area contributed by atoms with Crippen LogP contribution in [0.2, 0.25) is 15.1 Å². The molecule has 6 heteroatoms. The van der Waals surface area contributed by atoms with Gasteiger partial charge in [-0.2, -0.15) is 0 Å². The van der Waals surface area contributed by atoms with E-state index in [1.165, 1.54) is 0 Å². The molecule has 4 aromatic rings. The van der Waals surface area contributed by atoms with Crippen LogP contribution in [0.5, 0.6) is 0 Å². The van der Waals surface area contributed by atoms with E-state index in [0.29, 0.717) is 42.4 Å². The highest BCUT2D eigenvalue weighted by Gasteiger charge is 2.18. The van der Waals surface area contributed by atoms with Crippen LogP contribution in [0.3, 0.4) is 0 Å². The summed E-state index contributed by atoms with van der Waals surface area (Å²) in [5.74, 6) is 0. The van der Waals surface area contributed by atoms with E-state index in [-0.39, 0.29) is 0 Å². The molecule has 0 saturated heterocycles. The van der Waals surface area contributed by atoms with Crippen LogP contribution in [-0.2, 0) is 0 Å². The number of halogens is 4. The van der Waals surface area contributed by atoms with Gasteiger partial charge in [0.1, 0.15) is 0 Å². The van der Waals surface area contributed by atoms with Crippen LogP contribution in [0, 0.1) is 0 Å². The predicted molar refractivity (Wildman–Crippen MR) is 102 cm³/mol. The van der Waals surface area contributed by atoms with E-state index < -0.39 is 5.24 Å². The van der Waals surface area contributed by atoms with Crippen molar-refractivity contribution in [2.75, 3.05) is 0 Å². The van der Waals surface area contributed by atoms with E-state index in [9.17, 15) is 4.79 Å². The van der Waals surface area contributed by atoms with Crippen molar-refractivity contribution in [3.63, 3.8) is 0 Å². The SMILES string of the molecule is O=C(Cl)c1c2cc(Cl)cc(Cl)c2nc2c1ccc1cc(Cl)ccc12. The number of carbonyl (C=O) groups is 1. The molecule has 3 aromatic carbocycles. The topological polar surface area (TPSA) is 30.0 Å². The summed E-state index contributed by atoms with van der Waals surface area (Å²) < 4.78 is 0. The van der Waals surface area contributed by atoms with Gasteiger partial charge in [-0.25, -0.2) is 4.98 Å². The molecule has 0 aliphatic rings. The normalized spacial score (nSPS) is 11.5. The maximum absolute atomic E-state index is 12.1. The van der Waals surface area contributed by atoms with Crippen molar-refractivity contribution in [3.05, 3.63) is 63.1 Å². The number of pyridine rings is 1. The standard InChI is InChI=1S/C18H7Cl4NO/c19-9-2-4-11-8(5-9)1-3-12-15(18(22)24)13-6-10(20)7-14(21)17(13)23-16(11)12/h1-7H. The van der Waals surface area contributed by atoms with E-state index in [0.717, 1.165) is 10.8 Å². The minimum atomic E-state index is -0.584. The van der Waals surface area contributed by atoms with Gasteiger partial charge in [0.25, 0.3) is 5.24 Å².